The number of para-hydroxylation sites is 1. The van der Waals surface area contributed by atoms with Gasteiger partial charge in [0.25, 0.3) is 5.91 Å². The van der Waals surface area contributed by atoms with E-state index in [1.165, 1.54) is 0 Å². The molecule has 0 unspecified atom stereocenters. The highest BCUT2D eigenvalue weighted by Crippen LogP contribution is 2.29. The molecule has 0 saturated carbocycles. The molecule has 0 aliphatic rings. The molecular formula is C21H27NO4. The molecule has 5 heteroatoms. The van der Waals surface area contributed by atoms with Crippen molar-refractivity contribution in [2.24, 2.45) is 0 Å². The van der Waals surface area contributed by atoms with Gasteiger partial charge in [-0.05, 0) is 44.0 Å². The summed E-state index contributed by atoms with van der Waals surface area (Å²) in [5, 5.41) is 0. The molecule has 0 spiro atoms. The summed E-state index contributed by atoms with van der Waals surface area (Å²) >= 11 is 0. The van der Waals surface area contributed by atoms with E-state index in [0.717, 1.165) is 23.3 Å². The molecule has 0 aliphatic carbocycles. The Kier molecular flexibility index (Phi) is 6.89. The van der Waals surface area contributed by atoms with Crippen LogP contribution in [-0.4, -0.2) is 45.2 Å². The lowest BCUT2D eigenvalue weighted by Crippen LogP contribution is -2.28. The molecule has 0 saturated heterocycles. The molecule has 140 valence electrons. The Bertz CT molecular complexity index is 732. The third-order valence-electron chi connectivity index (χ3n) is 4.33. The number of ether oxygens (including phenoxy) is 3. The van der Waals surface area contributed by atoms with Crippen molar-refractivity contribution in [3.8, 4) is 17.2 Å². The number of carbonyl (C=O) groups is 1. The molecule has 2 rings (SSSR count). The Hall–Kier alpha value is -2.69. The largest absolute Gasteiger partial charge is 0.496 e. The fraction of sp³-hybridized carbons (Fsp3) is 0.381. The van der Waals surface area contributed by atoms with Crippen molar-refractivity contribution < 1.29 is 19.0 Å². The van der Waals surface area contributed by atoms with Gasteiger partial charge in [-0.25, -0.2) is 0 Å². The second-order valence-electron chi connectivity index (χ2n) is 6.20. The third-order valence-corrected chi connectivity index (χ3v) is 4.33. The molecule has 0 aliphatic heterocycles. The first-order chi connectivity index (χ1) is 12.5. The predicted molar refractivity (Wildman–Crippen MR) is 103 cm³/mol. The van der Waals surface area contributed by atoms with Crippen LogP contribution in [-0.2, 0) is 0 Å². The molecule has 0 atom stereocenters. The predicted octanol–water partition coefficient (Wildman–Crippen LogP) is 3.86. The standard InChI is InChI=1S/C21H27NO4/c1-15-9-6-7-10-18(15)26-12-8-11-22(3)21(23)17-13-19(24-4)16(2)20(14-17)25-5/h6-7,9-10,13-14H,8,11-12H2,1-5H3. The maximum Gasteiger partial charge on any atom is 0.253 e. The van der Waals surface area contributed by atoms with Crippen LogP contribution in [0, 0.1) is 13.8 Å². The highest BCUT2D eigenvalue weighted by molar-refractivity contribution is 5.95. The number of aryl methyl sites for hydroxylation is 1. The summed E-state index contributed by atoms with van der Waals surface area (Å²) in [7, 11) is 4.96. The van der Waals surface area contributed by atoms with Crippen LogP contribution in [0.25, 0.3) is 0 Å². The minimum Gasteiger partial charge on any atom is -0.496 e. The van der Waals surface area contributed by atoms with Crippen LogP contribution in [0.2, 0.25) is 0 Å². The van der Waals surface area contributed by atoms with E-state index in [9.17, 15) is 4.79 Å². The van der Waals surface area contributed by atoms with Gasteiger partial charge >= 0.3 is 0 Å². The summed E-state index contributed by atoms with van der Waals surface area (Å²) in [6.07, 6.45) is 0.747. The molecule has 0 N–H and O–H groups in total. The van der Waals surface area contributed by atoms with E-state index in [-0.39, 0.29) is 5.91 Å². The van der Waals surface area contributed by atoms with Crippen molar-refractivity contribution >= 4 is 5.91 Å². The van der Waals surface area contributed by atoms with Crippen molar-refractivity contribution in [2.75, 3.05) is 34.4 Å². The van der Waals surface area contributed by atoms with Crippen molar-refractivity contribution in [1.82, 2.24) is 4.90 Å². The van der Waals surface area contributed by atoms with Gasteiger partial charge in [-0.2, -0.15) is 0 Å². The van der Waals surface area contributed by atoms with Crippen LogP contribution in [0.3, 0.4) is 0 Å². The fourth-order valence-corrected chi connectivity index (χ4v) is 2.73. The molecule has 0 heterocycles. The highest BCUT2D eigenvalue weighted by Gasteiger charge is 2.16. The first kappa shape index (κ1) is 19.6. The lowest BCUT2D eigenvalue weighted by Gasteiger charge is -2.19. The van der Waals surface area contributed by atoms with Crippen LogP contribution in [0.4, 0.5) is 0 Å². The molecule has 2 aromatic carbocycles. The topological polar surface area (TPSA) is 48.0 Å². The van der Waals surface area contributed by atoms with E-state index >= 15 is 0 Å². The molecule has 2 aromatic rings. The van der Waals surface area contributed by atoms with E-state index in [0.29, 0.717) is 30.2 Å². The molecule has 0 fully saturated rings. The Morgan fingerprint density at radius 2 is 1.62 bits per heavy atom. The molecule has 1 amide bonds. The Morgan fingerprint density at radius 1 is 1.00 bits per heavy atom. The van der Waals surface area contributed by atoms with E-state index in [2.05, 4.69) is 0 Å². The van der Waals surface area contributed by atoms with E-state index in [1.54, 1.807) is 38.3 Å². The molecular weight excluding hydrogens is 330 g/mol. The molecule has 0 aromatic heterocycles. The van der Waals surface area contributed by atoms with Crippen LogP contribution in [0.1, 0.15) is 27.9 Å². The SMILES string of the molecule is COc1cc(C(=O)N(C)CCCOc2ccccc2C)cc(OC)c1C. The summed E-state index contributed by atoms with van der Waals surface area (Å²) in [5.74, 6) is 2.10. The number of nitrogens with zero attached hydrogens (tertiary/aromatic N) is 1. The number of methoxy groups -OCH3 is 2. The number of carbonyl (C=O) groups excluding carboxylic acids is 1. The van der Waals surface area contributed by atoms with Gasteiger partial charge in [0.1, 0.15) is 17.2 Å². The zero-order valence-corrected chi connectivity index (χ0v) is 16.2. The maximum atomic E-state index is 12.7. The van der Waals surface area contributed by atoms with Gasteiger partial charge in [0.05, 0.1) is 20.8 Å². The Labute approximate surface area is 155 Å². The van der Waals surface area contributed by atoms with E-state index < -0.39 is 0 Å². The zero-order valence-electron chi connectivity index (χ0n) is 16.2. The molecule has 26 heavy (non-hydrogen) atoms. The van der Waals surface area contributed by atoms with Gasteiger partial charge in [0, 0.05) is 24.7 Å². The number of benzene rings is 2. The lowest BCUT2D eigenvalue weighted by atomic mass is 10.1. The summed E-state index contributed by atoms with van der Waals surface area (Å²) < 4.78 is 16.5. The summed E-state index contributed by atoms with van der Waals surface area (Å²) in [5.41, 5.74) is 2.53. The second-order valence-corrected chi connectivity index (χ2v) is 6.20. The van der Waals surface area contributed by atoms with Crippen LogP contribution >= 0.6 is 0 Å². The van der Waals surface area contributed by atoms with Gasteiger partial charge in [-0.1, -0.05) is 18.2 Å². The average molecular weight is 357 g/mol. The maximum absolute atomic E-state index is 12.7. The van der Waals surface area contributed by atoms with E-state index in [1.807, 2.05) is 38.1 Å². The third kappa shape index (κ3) is 4.69. The number of hydrogen-bond donors (Lipinski definition) is 0. The lowest BCUT2D eigenvalue weighted by molar-refractivity contribution is 0.0787. The smallest absolute Gasteiger partial charge is 0.253 e. The Morgan fingerprint density at radius 3 is 2.19 bits per heavy atom. The van der Waals surface area contributed by atoms with E-state index in [4.69, 9.17) is 14.2 Å². The molecule has 0 bridgehead atoms. The van der Waals surface area contributed by atoms with Gasteiger partial charge in [-0.3, -0.25) is 4.79 Å². The van der Waals surface area contributed by atoms with Crippen molar-refractivity contribution in [3.63, 3.8) is 0 Å². The number of hydrogen-bond acceptors (Lipinski definition) is 4. The van der Waals surface area contributed by atoms with Gasteiger partial charge in [-0.15, -0.1) is 0 Å². The first-order valence-corrected chi connectivity index (χ1v) is 8.64. The fourth-order valence-electron chi connectivity index (χ4n) is 2.73. The molecule has 0 radical (unpaired) electrons. The van der Waals surface area contributed by atoms with Crippen molar-refractivity contribution in [1.29, 1.82) is 0 Å². The number of amides is 1. The summed E-state index contributed by atoms with van der Waals surface area (Å²) in [4.78, 5) is 14.4. The summed E-state index contributed by atoms with van der Waals surface area (Å²) in [6, 6.07) is 11.4. The van der Waals surface area contributed by atoms with Crippen LogP contribution in [0.15, 0.2) is 36.4 Å². The quantitative estimate of drug-likeness (QED) is 0.673. The monoisotopic (exact) mass is 357 g/mol. The number of rotatable bonds is 8. The van der Waals surface area contributed by atoms with Gasteiger partial charge in [0.2, 0.25) is 0 Å². The van der Waals surface area contributed by atoms with Gasteiger partial charge < -0.3 is 19.1 Å². The van der Waals surface area contributed by atoms with Gasteiger partial charge in [0.15, 0.2) is 0 Å². The normalized spacial score (nSPS) is 10.3. The minimum absolute atomic E-state index is 0.0718. The van der Waals surface area contributed by atoms with Crippen LogP contribution in [0.5, 0.6) is 17.2 Å². The van der Waals surface area contributed by atoms with Crippen LogP contribution < -0.4 is 14.2 Å². The summed E-state index contributed by atoms with van der Waals surface area (Å²) in [6.45, 7) is 5.08. The average Bonchev–Trinajstić information content (AvgIpc) is 2.65. The Balaban J connectivity index is 1.94. The second kappa shape index (κ2) is 9.13. The zero-order chi connectivity index (χ0) is 19.1. The van der Waals surface area contributed by atoms with Crippen molar-refractivity contribution in [2.45, 2.75) is 20.3 Å². The first-order valence-electron chi connectivity index (χ1n) is 8.64. The van der Waals surface area contributed by atoms with Crippen molar-refractivity contribution in [3.05, 3.63) is 53.1 Å². The highest BCUT2D eigenvalue weighted by atomic mass is 16.5. The molecule has 5 nitrogen and oxygen atoms in total. The minimum atomic E-state index is -0.0718.